The van der Waals surface area contributed by atoms with Gasteiger partial charge in [0, 0.05) is 38.8 Å². The molecule has 0 saturated carbocycles. The second-order valence-corrected chi connectivity index (χ2v) is 11.1. The van der Waals surface area contributed by atoms with Crippen LogP contribution in [0.5, 0.6) is 0 Å². The topological polar surface area (TPSA) is 58.0 Å². The van der Waals surface area contributed by atoms with Crippen LogP contribution in [0, 0.1) is 5.41 Å². The highest BCUT2D eigenvalue weighted by atomic mass is 19.4. The van der Waals surface area contributed by atoms with Gasteiger partial charge in [0.2, 0.25) is 0 Å². The number of anilines is 2. The van der Waals surface area contributed by atoms with Gasteiger partial charge in [-0.2, -0.15) is 13.2 Å². The average Bonchev–Trinajstić information content (AvgIpc) is 3.57. The van der Waals surface area contributed by atoms with Crippen LogP contribution in [0.3, 0.4) is 0 Å². The van der Waals surface area contributed by atoms with Crippen LogP contribution in [-0.2, 0) is 10.9 Å². The van der Waals surface area contributed by atoms with Crippen molar-refractivity contribution in [3.05, 3.63) is 47.4 Å². The van der Waals surface area contributed by atoms with Gasteiger partial charge < -0.3 is 24.3 Å². The predicted molar refractivity (Wildman–Crippen MR) is 136 cm³/mol. The number of amides is 1. The molecule has 0 unspecified atom stereocenters. The van der Waals surface area contributed by atoms with Crippen molar-refractivity contribution in [3.8, 4) is 0 Å². The van der Waals surface area contributed by atoms with Crippen molar-refractivity contribution in [2.24, 2.45) is 5.41 Å². The average molecular weight is 520 g/mol. The van der Waals surface area contributed by atoms with Crippen molar-refractivity contribution in [1.82, 2.24) is 4.90 Å². The highest BCUT2D eigenvalue weighted by Gasteiger charge is 2.35. The molecule has 6 nitrogen and oxygen atoms in total. The molecule has 202 valence electrons. The first-order valence-electron chi connectivity index (χ1n) is 13.4. The summed E-state index contributed by atoms with van der Waals surface area (Å²) < 4.78 is 51.9. The van der Waals surface area contributed by atoms with Crippen molar-refractivity contribution in [1.29, 1.82) is 0 Å². The summed E-state index contributed by atoms with van der Waals surface area (Å²) in [6.07, 6.45) is 1.53. The molecule has 5 rings (SSSR count). The van der Waals surface area contributed by atoms with Crippen LogP contribution in [0.25, 0.3) is 0 Å². The second kappa shape index (κ2) is 10.7. The van der Waals surface area contributed by atoms with E-state index in [2.05, 4.69) is 22.0 Å². The molecule has 3 saturated heterocycles. The fourth-order valence-electron chi connectivity index (χ4n) is 5.87. The number of ether oxygens (including phenoxy) is 1. The lowest BCUT2D eigenvalue weighted by molar-refractivity contribution is -0.137. The minimum atomic E-state index is -4.50. The Labute approximate surface area is 216 Å². The van der Waals surface area contributed by atoms with Crippen LogP contribution in [0.1, 0.15) is 73.2 Å². The molecular formula is C28H36F3N3O3. The van der Waals surface area contributed by atoms with Crippen LogP contribution >= 0.6 is 0 Å². The summed E-state index contributed by atoms with van der Waals surface area (Å²) in [4.78, 5) is 17.7. The Morgan fingerprint density at radius 1 is 1.05 bits per heavy atom. The number of likely N-dealkylation sites (tertiary alicyclic amines) is 1. The number of furan rings is 1. The maximum Gasteiger partial charge on any atom is 0.416 e. The Kier molecular flexibility index (Phi) is 7.54. The van der Waals surface area contributed by atoms with Crippen LogP contribution in [-0.4, -0.2) is 56.7 Å². The number of hydrogen-bond acceptors (Lipinski definition) is 5. The summed E-state index contributed by atoms with van der Waals surface area (Å²) in [5, 5.41) is 2.73. The fraction of sp³-hybridized carbons (Fsp3) is 0.607. The lowest BCUT2D eigenvalue weighted by atomic mass is 9.79. The minimum Gasteiger partial charge on any atom is -0.456 e. The lowest BCUT2D eigenvalue weighted by Gasteiger charge is -2.43. The Bertz CT molecular complexity index is 1080. The van der Waals surface area contributed by atoms with Crippen LogP contribution in [0.4, 0.5) is 24.5 Å². The Hall–Kier alpha value is -2.52. The Morgan fingerprint density at radius 3 is 2.43 bits per heavy atom. The number of halogens is 3. The van der Waals surface area contributed by atoms with E-state index in [1.54, 1.807) is 12.1 Å². The van der Waals surface area contributed by atoms with Gasteiger partial charge in [0.15, 0.2) is 5.76 Å². The van der Waals surface area contributed by atoms with Crippen molar-refractivity contribution < 1.29 is 27.1 Å². The molecule has 3 aliphatic heterocycles. The summed E-state index contributed by atoms with van der Waals surface area (Å²) >= 11 is 0. The van der Waals surface area contributed by atoms with Gasteiger partial charge in [0.25, 0.3) is 5.91 Å². The number of nitrogens with one attached hydrogen (secondary N) is 1. The van der Waals surface area contributed by atoms with E-state index in [4.69, 9.17) is 9.15 Å². The van der Waals surface area contributed by atoms with Crippen molar-refractivity contribution >= 4 is 17.3 Å². The zero-order valence-corrected chi connectivity index (χ0v) is 21.4. The van der Waals surface area contributed by atoms with E-state index in [0.29, 0.717) is 24.7 Å². The summed E-state index contributed by atoms with van der Waals surface area (Å²) in [5.74, 6) is 0.449. The van der Waals surface area contributed by atoms with Crippen molar-refractivity contribution in [2.45, 2.75) is 57.5 Å². The number of nitrogens with zero attached hydrogens (tertiary/aromatic N) is 2. The number of benzene rings is 1. The van der Waals surface area contributed by atoms with E-state index in [9.17, 15) is 18.0 Å². The normalized spacial score (nSPS) is 21.4. The summed E-state index contributed by atoms with van der Waals surface area (Å²) in [5.41, 5.74) is 0.169. The molecule has 0 spiro atoms. The van der Waals surface area contributed by atoms with E-state index in [1.165, 1.54) is 18.9 Å². The third kappa shape index (κ3) is 6.14. The van der Waals surface area contributed by atoms with E-state index < -0.39 is 17.6 Å². The summed E-state index contributed by atoms with van der Waals surface area (Å²) in [6, 6.07) is 6.99. The molecule has 0 aliphatic carbocycles. The number of alkyl halides is 3. The van der Waals surface area contributed by atoms with Gasteiger partial charge in [-0.05, 0) is 87.4 Å². The largest absolute Gasteiger partial charge is 0.456 e. The highest BCUT2D eigenvalue weighted by molar-refractivity contribution is 6.04. The van der Waals surface area contributed by atoms with Crippen molar-refractivity contribution in [3.63, 3.8) is 0 Å². The smallest absolute Gasteiger partial charge is 0.416 e. The standard InChI is InChI=1S/C28H36F3N3O3/c1-27(19-33-12-2-3-13-33)10-14-34(15-11-27)23-5-4-21(28(29,30)31)18-22(23)32-26(35)25-7-6-24(37-25)20-8-16-36-17-9-20/h4-7,18,20H,2-3,8-17,19H2,1H3,(H,32,35). The molecule has 1 aromatic heterocycles. The lowest BCUT2D eigenvalue weighted by Crippen LogP contribution is -2.44. The summed E-state index contributed by atoms with van der Waals surface area (Å²) in [6.45, 7) is 8.42. The van der Waals surface area contributed by atoms with E-state index in [-0.39, 0.29) is 22.8 Å². The van der Waals surface area contributed by atoms with E-state index in [0.717, 1.165) is 70.5 Å². The molecule has 4 heterocycles. The number of piperidine rings is 1. The second-order valence-electron chi connectivity index (χ2n) is 11.1. The number of carbonyl (C=O) groups excluding carboxylic acids is 1. The Morgan fingerprint density at radius 2 is 1.76 bits per heavy atom. The molecule has 1 N–H and O–H groups in total. The quantitative estimate of drug-likeness (QED) is 0.496. The van der Waals surface area contributed by atoms with Crippen molar-refractivity contribution in [2.75, 3.05) is 56.2 Å². The highest BCUT2D eigenvalue weighted by Crippen LogP contribution is 2.40. The molecule has 2 aromatic rings. The van der Waals surface area contributed by atoms with Gasteiger partial charge in [0.05, 0.1) is 16.9 Å². The molecule has 0 bridgehead atoms. The number of rotatable bonds is 6. The Balaban J connectivity index is 1.32. The van der Waals surface area contributed by atoms with Gasteiger partial charge in [-0.3, -0.25) is 4.79 Å². The van der Waals surface area contributed by atoms with Crippen LogP contribution in [0.15, 0.2) is 34.7 Å². The monoisotopic (exact) mass is 519 g/mol. The SMILES string of the molecule is CC1(CN2CCCC2)CCN(c2ccc(C(F)(F)F)cc2NC(=O)c2ccc(C3CCOCC3)o2)CC1. The van der Waals surface area contributed by atoms with E-state index in [1.807, 2.05) is 0 Å². The zero-order chi connectivity index (χ0) is 26.0. The van der Waals surface area contributed by atoms with Gasteiger partial charge in [-0.25, -0.2) is 0 Å². The van der Waals surface area contributed by atoms with Gasteiger partial charge in [-0.1, -0.05) is 6.92 Å². The first-order valence-corrected chi connectivity index (χ1v) is 13.4. The molecule has 3 aliphatic rings. The molecule has 1 aromatic carbocycles. The van der Waals surface area contributed by atoms with E-state index >= 15 is 0 Å². The molecular weight excluding hydrogens is 483 g/mol. The molecule has 0 atom stereocenters. The zero-order valence-electron chi connectivity index (χ0n) is 21.4. The first kappa shape index (κ1) is 26.1. The third-order valence-corrected chi connectivity index (χ3v) is 8.16. The summed E-state index contributed by atoms with van der Waals surface area (Å²) in [7, 11) is 0. The van der Waals surface area contributed by atoms with Crippen LogP contribution < -0.4 is 10.2 Å². The molecule has 0 radical (unpaired) electrons. The minimum absolute atomic E-state index is 0.0988. The maximum absolute atomic E-state index is 13.5. The fourth-order valence-corrected chi connectivity index (χ4v) is 5.87. The van der Waals surface area contributed by atoms with Gasteiger partial charge in [-0.15, -0.1) is 0 Å². The molecule has 1 amide bonds. The van der Waals surface area contributed by atoms with Gasteiger partial charge >= 0.3 is 6.18 Å². The molecule has 3 fully saturated rings. The number of hydrogen-bond donors (Lipinski definition) is 1. The number of carbonyl (C=O) groups is 1. The maximum atomic E-state index is 13.5. The molecule has 37 heavy (non-hydrogen) atoms. The third-order valence-electron chi connectivity index (χ3n) is 8.16. The van der Waals surface area contributed by atoms with Crippen LogP contribution in [0.2, 0.25) is 0 Å². The first-order chi connectivity index (χ1) is 17.7. The van der Waals surface area contributed by atoms with Gasteiger partial charge in [0.1, 0.15) is 5.76 Å². The predicted octanol–water partition coefficient (Wildman–Crippen LogP) is 6.15. The molecule has 9 heteroatoms.